The molecule has 1 aromatic carbocycles. The summed E-state index contributed by atoms with van der Waals surface area (Å²) in [7, 11) is 1.02. The Morgan fingerprint density at radius 3 is 1.94 bits per heavy atom. The van der Waals surface area contributed by atoms with Crippen molar-refractivity contribution in [1.82, 2.24) is 4.98 Å². The van der Waals surface area contributed by atoms with E-state index in [9.17, 15) is 28.8 Å². The van der Waals surface area contributed by atoms with Crippen LogP contribution in [0.25, 0.3) is 22.6 Å². The maximum absolute atomic E-state index is 13.0. The Labute approximate surface area is 180 Å². The average Bonchev–Trinajstić information content (AvgIpc) is 2.70. The first-order valence-electron chi connectivity index (χ1n) is 9.26. The highest BCUT2D eigenvalue weighted by Crippen LogP contribution is 2.38. The molecule has 3 rings (SSSR count). The zero-order valence-corrected chi connectivity index (χ0v) is 17.8. The van der Waals surface area contributed by atoms with Crippen molar-refractivity contribution in [2.75, 3.05) is 7.11 Å². The highest BCUT2D eigenvalue weighted by Gasteiger charge is 2.33. The van der Waals surface area contributed by atoms with Crippen LogP contribution in [0.2, 0.25) is 0 Å². The van der Waals surface area contributed by atoms with Gasteiger partial charge in [-0.15, -0.1) is 0 Å². The lowest BCUT2D eigenvalue weighted by atomic mass is 9.96. The Hall–Kier alpha value is -4.21. The summed E-state index contributed by atoms with van der Waals surface area (Å²) in [6, 6.07) is 2.76. The van der Waals surface area contributed by atoms with Gasteiger partial charge in [0.15, 0.2) is 45.9 Å². The van der Waals surface area contributed by atoms with Crippen LogP contribution < -0.4 is 10.2 Å². The molecule has 0 fully saturated rings. The van der Waals surface area contributed by atoms with Crippen LogP contribution in [0.3, 0.4) is 0 Å². The zero-order valence-electron chi connectivity index (χ0n) is 17.8. The molecule has 32 heavy (non-hydrogen) atoms. The number of nitrogens with zero attached hydrogens (tertiary/aromatic N) is 1. The van der Waals surface area contributed by atoms with Crippen LogP contribution in [0, 0.1) is 0 Å². The number of methoxy groups -OCH3 is 1. The number of benzene rings is 2. The first-order chi connectivity index (χ1) is 15.0. The summed E-state index contributed by atoms with van der Waals surface area (Å²) in [5.74, 6) is -3.39. The lowest BCUT2D eigenvalue weighted by molar-refractivity contribution is 0.0981. The number of Topliss-reactive ketones (excluding diaryl/α,β-unsaturated/α-hetero) is 4. The summed E-state index contributed by atoms with van der Waals surface area (Å²) in [6.07, 6.45) is -1.23. The van der Waals surface area contributed by atoms with E-state index in [0.717, 1.165) is 21.0 Å². The molecule has 0 spiro atoms. The predicted octanol–water partition coefficient (Wildman–Crippen LogP) is 3.25. The van der Waals surface area contributed by atoms with E-state index in [0.29, 0.717) is 0 Å². The first kappa shape index (κ1) is 22.5. The first-order valence-corrected chi connectivity index (χ1v) is 9.26. The van der Waals surface area contributed by atoms with Gasteiger partial charge in [-0.2, -0.15) is 0 Å². The second-order valence-electron chi connectivity index (χ2n) is 6.92. The number of hydrogen-bond donors (Lipinski definition) is 0. The molecule has 1 aromatic rings. The molecule has 0 aromatic heterocycles. The summed E-state index contributed by atoms with van der Waals surface area (Å²) in [6.45, 7) is 4.62. The molecule has 0 atom stereocenters. The van der Waals surface area contributed by atoms with Gasteiger partial charge in [0.1, 0.15) is 16.6 Å². The molecule has 2 aliphatic rings. The monoisotopic (exact) mass is 439 g/mol. The minimum absolute atomic E-state index is 0.0602. The lowest BCUT2D eigenvalue weighted by Crippen LogP contribution is -2.25. The van der Waals surface area contributed by atoms with Crippen molar-refractivity contribution < 1.29 is 37.9 Å². The number of hydrogen-bond acceptors (Lipinski definition) is 10. The molecule has 0 unspecified atom stereocenters. The Balaban J connectivity index is 2.64. The van der Waals surface area contributed by atoms with Gasteiger partial charge in [-0.25, -0.2) is 9.78 Å². The van der Waals surface area contributed by atoms with Crippen molar-refractivity contribution in [3.05, 3.63) is 44.6 Å². The van der Waals surface area contributed by atoms with E-state index < -0.39 is 57.4 Å². The normalized spacial score (nSPS) is 10.8. The topological polar surface area (TPSA) is 147 Å². The number of aromatic nitrogens is 1. The average molecular weight is 439 g/mol. The van der Waals surface area contributed by atoms with Gasteiger partial charge in [-0.1, -0.05) is 0 Å². The smallest absolute Gasteiger partial charge is 0.451 e. The molecule has 1 aliphatic heterocycles. The number of rotatable bonds is 5. The summed E-state index contributed by atoms with van der Waals surface area (Å²) < 4.78 is 15.3. The van der Waals surface area contributed by atoms with Crippen molar-refractivity contribution in [3.8, 4) is 17.2 Å². The van der Waals surface area contributed by atoms with Crippen molar-refractivity contribution in [2.45, 2.75) is 27.7 Å². The van der Waals surface area contributed by atoms with Gasteiger partial charge in [-0.3, -0.25) is 24.0 Å². The van der Waals surface area contributed by atoms with Gasteiger partial charge < -0.3 is 13.9 Å². The van der Waals surface area contributed by atoms with Gasteiger partial charge in [0.2, 0.25) is 5.43 Å². The molecule has 0 radical (unpaired) electrons. The fraction of sp³-hybridized carbons (Fsp3) is 0.227. The summed E-state index contributed by atoms with van der Waals surface area (Å²) in [5, 5.41) is 0. The standard InChI is InChI=1S/C22H17NO9/c1-8(24)12-6-7-13-19(14(12)9(2)25)31-20-15(10(3)26)18(28)16(11(4)27)21(17(20)23-13)32-22(29)30-5/h6-7H,1-5H3. The highest BCUT2D eigenvalue weighted by atomic mass is 16.7. The number of ether oxygens (including phenoxy) is 2. The molecule has 1 aliphatic carbocycles. The molecule has 0 saturated carbocycles. The van der Waals surface area contributed by atoms with Crippen molar-refractivity contribution in [3.63, 3.8) is 0 Å². The minimum atomic E-state index is -1.23. The molecule has 1 heterocycles. The van der Waals surface area contributed by atoms with E-state index >= 15 is 0 Å². The molecule has 10 nitrogen and oxygen atoms in total. The van der Waals surface area contributed by atoms with E-state index in [4.69, 9.17) is 9.15 Å². The molecule has 0 bridgehead atoms. The van der Waals surface area contributed by atoms with Gasteiger partial charge in [-0.05, 0) is 39.8 Å². The largest absolute Gasteiger partial charge is 0.513 e. The molecular formula is C22H17NO9. The number of ketones is 4. The molecule has 0 saturated heterocycles. The third kappa shape index (κ3) is 3.55. The summed E-state index contributed by atoms with van der Waals surface area (Å²) >= 11 is 0. The Morgan fingerprint density at radius 2 is 1.44 bits per heavy atom. The molecular weight excluding hydrogens is 422 g/mol. The van der Waals surface area contributed by atoms with E-state index in [-0.39, 0.29) is 27.9 Å². The van der Waals surface area contributed by atoms with E-state index in [1.54, 1.807) is 0 Å². The maximum atomic E-state index is 13.0. The molecule has 164 valence electrons. The Morgan fingerprint density at radius 1 is 0.844 bits per heavy atom. The Kier molecular flexibility index (Phi) is 5.72. The van der Waals surface area contributed by atoms with Crippen LogP contribution in [0.1, 0.15) is 69.1 Å². The van der Waals surface area contributed by atoms with E-state index in [1.165, 1.54) is 26.0 Å². The fourth-order valence-electron chi connectivity index (χ4n) is 3.36. The number of carbonyl (C=O) groups excluding carboxylic acids is 5. The van der Waals surface area contributed by atoms with Crippen LogP contribution >= 0.6 is 0 Å². The minimum Gasteiger partial charge on any atom is -0.451 e. The van der Waals surface area contributed by atoms with Crippen LogP contribution in [0.15, 0.2) is 21.3 Å². The lowest BCUT2D eigenvalue weighted by Gasteiger charge is -2.17. The van der Waals surface area contributed by atoms with Crippen LogP contribution in [0.5, 0.6) is 5.75 Å². The van der Waals surface area contributed by atoms with Crippen molar-refractivity contribution in [1.29, 1.82) is 0 Å². The van der Waals surface area contributed by atoms with Gasteiger partial charge >= 0.3 is 6.16 Å². The third-order valence-electron chi connectivity index (χ3n) is 4.70. The summed E-state index contributed by atoms with van der Waals surface area (Å²) in [4.78, 5) is 77.9. The Bertz CT molecular complexity index is 1380. The molecule has 0 N–H and O–H groups in total. The van der Waals surface area contributed by atoms with Crippen molar-refractivity contribution >= 4 is 40.4 Å². The highest BCUT2D eigenvalue weighted by molar-refractivity contribution is 6.14. The second kappa shape index (κ2) is 8.14. The third-order valence-corrected chi connectivity index (χ3v) is 4.70. The van der Waals surface area contributed by atoms with Gasteiger partial charge in [0.05, 0.1) is 12.7 Å². The zero-order chi connectivity index (χ0) is 23.9. The van der Waals surface area contributed by atoms with Crippen LogP contribution in [-0.2, 0) is 4.74 Å². The van der Waals surface area contributed by atoms with Gasteiger partial charge in [0.25, 0.3) is 0 Å². The quantitative estimate of drug-likeness (QED) is 0.251. The van der Waals surface area contributed by atoms with Crippen molar-refractivity contribution in [2.24, 2.45) is 0 Å². The van der Waals surface area contributed by atoms with E-state index in [2.05, 4.69) is 9.72 Å². The fourth-order valence-corrected chi connectivity index (χ4v) is 3.36. The SMILES string of the molecule is COC(=O)Oc1c2nc3ccc(C(C)=O)c(C(C)=O)c3oc-2c(C(C)=O)c(=O)c1C(C)=O. The number of carbonyl (C=O) groups is 5. The number of fused-ring (bicyclic) bond motifs is 2. The molecule has 10 heteroatoms. The van der Waals surface area contributed by atoms with Gasteiger partial charge in [0, 0.05) is 5.56 Å². The van der Waals surface area contributed by atoms with Crippen LogP contribution in [0.4, 0.5) is 4.79 Å². The second-order valence-corrected chi connectivity index (χ2v) is 6.92. The molecule has 0 amide bonds. The predicted molar refractivity (Wildman–Crippen MR) is 110 cm³/mol. The van der Waals surface area contributed by atoms with Crippen LogP contribution in [-0.4, -0.2) is 41.4 Å². The van der Waals surface area contributed by atoms with E-state index in [1.807, 2.05) is 0 Å². The maximum Gasteiger partial charge on any atom is 0.513 e. The summed E-state index contributed by atoms with van der Waals surface area (Å²) in [5.41, 5.74) is -2.51.